The number of hydrogen-bond donors (Lipinski definition) is 0. The molecule has 2 aliphatic rings. The van der Waals surface area contributed by atoms with Gasteiger partial charge in [0.1, 0.15) is 17.3 Å². The van der Waals surface area contributed by atoms with Crippen molar-refractivity contribution in [2.24, 2.45) is 10.1 Å². The molecule has 3 heterocycles. The number of halogens is 2. The number of aryl methyl sites for hydroxylation is 2. The van der Waals surface area contributed by atoms with Gasteiger partial charge in [-0.25, -0.2) is 13.8 Å². The lowest BCUT2D eigenvalue weighted by Crippen LogP contribution is -2.38. The molecule has 1 atom stereocenters. The molecule has 0 saturated carbocycles. The number of aromatic nitrogens is 1. The van der Waals surface area contributed by atoms with E-state index in [9.17, 15) is 8.78 Å². The fourth-order valence-corrected chi connectivity index (χ4v) is 5.62. The first-order valence-corrected chi connectivity index (χ1v) is 12.9. The number of amidine groups is 1. The van der Waals surface area contributed by atoms with Crippen molar-refractivity contribution < 1.29 is 18.4 Å². The molecule has 9 heteroatoms. The van der Waals surface area contributed by atoms with Gasteiger partial charge in [0.05, 0.1) is 29.1 Å². The third-order valence-electron chi connectivity index (χ3n) is 6.69. The summed E-state index contributed by atoms with van der Waals surface area (Å²) in [4.78, 5) is 17.1. The maximum atomic E-state index is 14.1. The predicted molar refractivity (Wildman–Crippen MR) is 137 cm³/mol. The number of benzene rings is 2. The third kappa shape index (κ3) is 4.97. The highest BCUT2D eigenvalue weighted by Crippen LogP contribution is 2.35. The largest absolute Gasteiger partial charge is 0.468 e. The van der Waals surface area contributed by atoms with Crippen molar-refractivity contribution in [3.05, 3.63) is 80.8 Å². The molecule has 1 aromatic heterocycles. The van der Waals surface area contributed by atoms with Crippen molar-refractivity contribution in [2.75, 3.05) is 20.2 Å². The van der Waals surface area contributed by atoms with Gasteiger partial charge in [0.2, 0.25) is 0 Å². The number of methoxy groups -OCH3 is 1. The van der Waals surface area contributed by atoms with Crippen LogP contribution < -0.4 is 0 Å². The molecular formula is C27H28F2N4O2S. The highest BCUT2D eigenvalue weighted by molar-refractivity contribution is 7.10. The first-order chi connectivity index (χ1) is 17.4. The van der Waals surface area contributed by atoms with Gasteiger partial charge in [0, 0.05) is 30.8 Å². The number of ether oxygens (including phenoxy) is 1. The Hall–Kier alpha value is -3.33. The summed E-state index contributed by atoms with van der Waals surface area (Å²) >= 11 is 1.59. The molecule has 1 saturated heterocycles. The van der Waals surface area contributed by atoms with E-state index in [0.29, 0.717) is 23.3 Å². The van der Waals surface area contributed by atoms with Crippen LogP contribution >= 0.6 is 11.3 Å². The minimum absolute atomic E-state index is 0.0875. The van der Waals surface area contributed by atoms with Crippen molar-refractivity contribution in [2.45, 2.75) is 45.1 Å². The lowest BCUT2D eigenvalue weighted by atomic mass is 9.97. The Balaban J connectivity index is 1.22. The zero-order chi connectivity index (χ0) is 25.2. The maximum absolute atomic E-state index is 14.1. The Kier molecular flexibility index (Phi) is 7.00. The zero-order valence-corrected chi connectivity index (χ0v) is 21.3. The second-order valence-electron chi connectivity index (χ2n) is 9.19. The Morgan fingerprint density at radius 1 is 1.14 bits per heavy atom. The molecule has 0 radical (unpaired) electrons. The van der Waals surface area contributed by atoms with Gasteiger partial charge in [0.25, 0.3) is 6.02 Å². The fraction of sp³-hybridized carbons (Fsp3) is 0.370. The van der Waals surface area contributed by atoms with E-state index >= 15 is 0 Å². The minimum atomic E-state index is -0.779. The Morgan fingerprint density at radius 2 is 1.89 bits per heavy atom. The number of aliphatic imine (C=N–C) groups is 1. The second-order valence-corrected chi connectivity index (χ2v) is 10.1. The number of likely N-dealkylation sites (tertiary alicyclic amines) is 1. The third-order valence-corrected chi connectivity index (χ3v) is 7.69. The molecular weight excluding hydrogens is 482 g/mol. The lowest BCUT2D eigenvalue weighted by molar-refractivity contribution is 0.0800. The van der Waals surface area contributed by atoms with E-state index < -0.39 is 17.7 Å². The molecule has 188 valence electrons. The van der Waals surface area contributed by atoms with E-state index in [1.165, 1.54) is 18.2 Å². The molecule has 0 spiro atoms. The van der Waals surface area contributed by atoms with E-state index in [2.05, 4.69) is 35.2 Å². The van der Waals surface area contributed by atoms with E-state index in [1.54, 1.807) is 18.4 Å². The zero-order valence-electron chi connectivity index (χ0n) is 20.5. The van der Waals surface area contributed by atoms with E-state index in [-0.39, 0.29) is 12.0 Å². The Labute approximate surface area is 213 Å². The molecule has 5 rings (SSSR count). The highest BCUT2D eigenvalue weighted by Gasteiger charge is 2.31. The Bertz CT molecular complexity index is 1290. The Morgan fingerprint density at radius 3 is 2.61 bits per heavy atom. The van der Waals surface area contributed by atoms with Crippen LogP contribution in [0.1, 0.15) is 58.7 Å². The van der Waals surface area contributed by atoms with Crippen molar-refractivity contribution in [1.82, 2.24) is 9.88 Å². The van der Waals surface area contributed by atoms with Crippen molar-refractivity contribution in [3.8, 4) is 0 Å². The first-order valence-electron chi connectivity index (χ1n) is 12.0. The number of piperidine rings is 1. The molecule has 6 nitrogen and oxygen atoms in total. The van der Waals surface area contributed by atoms with Crippen LogP contribution in [0.25, 0.3) is 0 Å². The number of rotatable bonds is 4. The molecule has 0 aliphatic carbocycles. The van der Waals surface area contributed by atoms with Crippen LogP contribution in [0.15, 0.2) is 51.9 Å². The minimum Gasteiger partial charge on any atom is -0.468 e. The van der Waals surface area contributed by atoms with Crippen LogP contribution in [0.4, 0.5) is 14.5 Å². The average molecular weight is 511 g/mol. The first kappa shape index (κ1) is 24.4. The van der Waals surface area contributed by atoms with Gasteiger partial charge >= 0.3 is 0 Å². The van der Waals surface area contributed by atoms with Crippen LogP contribution in [0.3, 0.4) is 0 Å². The summed E-state index contributed by atoms with van der Waals surface area (Å²) in [6, 6.07) is 10.7. The summed E-state index contributed by atoms with van der Waals surface area (Å²) in [7, 11) is 1.66. The van der Waals surface area contributed by atoms with Crippen LogP contribution in [0.2, 0.25) is 0 Å². The standard InChI is InChI=1S/C27H28F2N4O2S/c1-16-7-8-17(2)21(13-16)31-27(34-3)33-11-9-18(10-12-33)26-30-23(15-36-26)22-14-24(35-32-22)25-19(28)5-4-6-20(25)29/h4-8,13,15,18,24H,9-12,14H2,1-3H3. The van der Waals surface area contributed by atoms with E-state index in [1.807, 2.05) is 12.3 Å². The molecule has 0 amide bonds. The molecule has 36 heavy (non-hydrogen) atoms. The molecule has 2 aliphatic heterocycles. The molecule has 1 unspecified atom stereocenters. The normalized spacial score (nSPS) is 18.8. The summed E-state index contributed by atoms with van der Waals surface area (Å²) < 4.78 is 33.9. The van der Waals surface area contributed by atoms with Gasteiger partial charge in [-0.2, -0.15) is 4.99 Å². The van der Waals surface area contributed by atoms with Crippen LogP contribution in [0.5, 0.6) is 0 Å². The number of oxime groups is 1. The van der Waals surface area contributed by atoms with Gasteiger partial charge < -0.3 is 14.5 Å². The SMILES string of the molecule is COC(=Nc1cc(C)ccc1C)N1CCC(c2nc(C3=NOC(c4c(F)cccc4F)C3)cs2)CC1. The second kappa shape index (κ2) is 10.3. The lowest BCUT2D eigenvalue weighted by Gasteiger charge is -2.32. The molecule has 3 aromatic rings. The van der Waals surface area contributed by atoms with Gasteiger partial charge in [-0.05, 0) is 56.0 Å². The molecule has 2 aromatic carbocycles. The number of nitrogens with zero attached hydrogens (tertiary/aromatic N) is 4. The van der Waals surface area contributed by atoms with Crippen molar-refractivity contribution in [3.63, 3.8) is 0 Å². The quantitative estimate of drug-likeness (QED) is 0.300. The topological polar surface area (TPSA) is 59.3 Å². The van der Waals surface area contributed by atoms with E-state index in [4.69, 9.17) is 19.6 Å². The monoisotopic (exact) mass is 510 g/mol. The van der Waals surface area contributed by atoms with Gasteiger partial charge in [-0.15, -0.1) is 11.3 Å². The number of hydrogen-bond acceptors (Lipinski definition) is 6. The summed E-state index contributed by atoms with van der Waals surface area (Å²) in [6.45, 7) is 5.73. The van der Waals surface area contributed by atoms with Crippen molar-refractivity contribution >= 4 is 28.8 Å². The smallest absolute Gasteiger partial charge is 0.292 e. The van der Waals surface area contributed by atoms with Gasteiger partial charge in [-0.1, -0.05) is 23.4 Å². The van der Waals surface area contributed by atoms with E-state index in [0.717, 1.165) is 47.8 Å². The fourth-order valence-electron chi connectivity index (χ4n) is 4.62. The van der Waals surface area contributed by atoms with Crippen molar-refractivity contribution in [1.29, 1.82) is 0 Å². The molecule has 0 bridgehead atoms. The average Bonchev–Trinajstić information content (AvgIpc) is 3.55. The highest BCUT2D eigenvalue weighted by atomic mass is 32.1. The van der Waals surface area contributed by atoms with Crippen LogP contribution in [-0.2, 0) is 9.57 Å². The summed E-state index contributed by atoms with van der Waals surface area (Å²) in [5.41, 5.74) is 4.44. The van der Waals surface area contributed by atoms with Gasteiger partial charge in [0.15, 0.2) is 6.10 Å². The summed E-state index contributed by atoms with van der Waals surface area (Å²) in [6.07, 6.45) is 1.35. The maximum Gasteiger partial charge on any atom is 0.292 e. The number of thiazole rings is 1. The molecule has 0 N–H and O–H groups in total. The molecule has 1 fully saturated rings. The summed E-state index contributed by atoms with van der Waals surface area (Å²) in [5.74, 6) is -0.932. The predicted octanol–water partition coefficient (Wildman–Crippen LogP) is 6.42. The van der Waals surface area contributed by atoms with Gasteiger partial charge in [-0.3, -0.25) is 0 Å². The summed E-state index contributed by atoms with van der Waals surface area (Å²) in [5, 5.41) is 7.08. The van der Waals surface area contributed by atoms with Crippen LogP contribution in [-0.4, -0.2) is 41.8 Å². The van der Waals surface area contributed by atoms with Crippen LogP contribution in [0, 0.1) is 25.5 Å².